The van der Waals surface area contributed by atoms with Gasteiger partial charge in [-0.05, 0) is 60.0 Å². The zero-order chi connectivity index (χ0) is 24.0. The number of pyridine rings is 1. The molecule has 1 aliphatic heterocycles. The second kappa shape index (κ2) is 10.3. The summed E-state index contributed by atoms with van der Waals surface area (Å²) in [6.07, 6.45) is 6.84. The lowest BCUT2D eigenvalue weighted by Crippen LogP contribution is -2.24. The van der Waals surface area contributed by atoms with E-state index in [4.69, 9.17) is 0 Å². The molecule has 0 unspecified atom stereocenters. The number of sulfonamides is 1. The Balaban J connectivity index is 1.30. The van der Waals surface area contributed by atoms with Crippen LogP contribution in [0.1, 0.15) is 27.9 Å². The highest BCUT2D eigenvalue weighted by molar-refractivity contribution is 7.93. The van der Waals surface area contributed by atoms with Gasteiger partial charge < -0.3 is 10.6 Å². The standard InChI is InChI=1S/C25H24N4O4S/c30-24(10-7-19-5-8-23(9-6-19)29-15-2-16-34(29,32)33)27-18-20-3-1-4-22(17-20)28-25(31)21-11-13-26-14-12-21/h1,3-14,17H,2,15-16,18H2,(H,27,30)(H,28,31)/b10-7+. The Morgan fingerprint density at radius 2 is 1.79 bits per heavy atom. The van der Waals surface area contributed by atoms with Gasteiger partial charge in [-0.25, -0.2) is 8.42 Å². The monoisotopic (exact) mass is 476 g/mol. The lowest BCUT2D eigenvalue weighted by molar-refractivity contribution is -0.116. The molecule has 0 spiro atoms. The van der Waals surface area contributed by atoms with Crippen LogP contribution in [-0.2, 0) is 21.4 Å². The molecule has 0 radical (unpaired) electrons. The summed E-state index contributed by atoms with van der Waals surface area (Å²) in [5, 5.41) is 5.64. The summed E-state index contributed by atoms with van der Waals surface area (Å²) < 4.78 is 25.5. The number of anilines is 2. The van der Waals surface area contributed by atoms with Crippen LogP contribution in [0.25, 0.3) is 6.08 Å². The normalized spacial score (nSPS) is 14.8. The maximum atomic E-state index is 12.3. The first-order chi connectivity index (χ1) is 16.4. The average Bonchev–Trinajstić information content (AvgIpc) is 3.21. The maximum Gasteiger partial charge on any atom is 0.255 e. The van der Waals surface area contributed by atoms with Gasteiger partial charge in [-0.2, -0.15) is 0 Å². The number of aromatic nitrogens is 1. The molecular weight excluding hydrogens is 452 g/mol. The van der Waals surface area contributed by atoms with E-state index in [0.717, 1.165) is 11.1 Å². The first-order valence-electron chi connectivity index (χ1n) is 10.8. The Morgan fingerprint density at radius 3 is 2.50 bits per heavy atom. The fraction of sp³-hybridized carbons (Fsp3) is 0.160. The van der Waals surface area contributed by atoms with Crippen LogP contribution in [0.2, 0.25) is 0 Å². The van der Waals surface area contributed by atoms with E-state index < -0.39 is 10.0 Å². The van der Waals surface area contributed by atoms with Gasteiger partial charge in [0.05, 0.1) is 11.4 Å². The molecule has 1 aromatic heterocycles. The second-order valence-corrected chi connectivity index (χ2v) is 9.79. The summed E-state index contributed by atoms with van der Waals surface area (Å²) in [4.78, 5) is 28.4. The predicted octanol–water partition coefficient (Wildman–Crippen LogP) is 3.20. The Labute approximate surface area is 198 Å². The molecule has 2 amide bonds. The minimum atomic E-state index is -3.21. The van der Waals surface area contributed by atoms with Gasteiger partial charge in [0.15, 0.2) is 0 Å². The van der Waals surface area contributed by atoms with Gasteiger partial charge in [0.1, 0.15) is 0 Å². The van der Waals surface area contributed by atoms with E-state index in [1.807, 2.05) is 12.1 Å². The molecule has 1 aliphatic rings. The third-order valence-corrected chi connectivity index (χ3v) is 7.17. The smallest absolute Gasteiger partial charge is 0.255 e. The highest BCUT2D eigenvalue weighted by Crippen LogP contribution is 2.24. The van der Waals surface area contributed by atoms with Crippen LogP contribution in [0.15, 0.2) is 79.1 Å². The molecule has 174 valence electrons. The molecular formula is C25H24N4O4S. The second-order valence-electron chi connectivity index (χ2n) is 7.77. The lowest BCUT2D eigenvalue weighted by Gasteiger charge is -2.16. The summed E-state index contributed by atoms with van der Waals surface area (Å²) in [5.41, 5.74) is 3.40. The zero-order valence-corrected chi connectivity index (χ0v) is 19.2. The summed E-state index contributed by atoms with van der Waals surface area (Å²) in [6, 6.07) is 17.6. The number of carbonyl (C=O) groups is 2. The van der Waals surface area contributed by atoms with Crippen molar-refractivity contribution in [2.24, 2.45) is 0 Å². The zero-order valence-electron chi connectivity index (χ0n) is 18.3. The third kappa shape index (κ3) is 5.87. The fourth-order valence-corrected chi connectivity index (χ4v) is 5.13. The molecule has 9 heteroatoms. The number of nitrogens with zero attached hydrogens (tertiary/aromatic N) is 2. The van der Waals surface area contributed by atoms with E-state index in [0.29, 0.717) is 36.4 Å². The van der Waals surface area contributed by atoms with Crippen molar-refractivity contribution in [3.05, 3.63) is 95.8 Å². The summed E-state index contributed by atoms with van der Waals surface area (Å²) >= 11 is 0. The molecule has 0 saturated carbocycles. The maximum absolute atomic E-state index is 12.3. The van der Waals surface area contributed by atoms with E-state index in [-0.39, 0.29) is 17.6 Å². The fourth-order valence-electron chi connectivity index (χ4n) is 3.57. The van der Waals surface area contributed by atoms with Crippen molar-refractivity contribution < 1.29 is 18.0 Å². The molecule has 3 aromatic rings. The molecule has 0 atom stereocenters. The largest absolute Gasteiger partial charge is 0.348 e. The summed E-state index contributed by atoms with van der Waals surface area (Å²) in [5.74, 6) is -0.327. The van der Waals surface area contributed by atoms with Crippen molar-refractivity contribution in [1.29, 1.82) is 0 Å². The van der Waals surface area contributed by atoms with Crippen molar-refractivity contribution in [3.63, 3.8) is 0 Å². The Kier molecular flexibility index (Phi) is 7.03. The molecule has 1 saturated heterocycles. The third-order valence-electron chi connectivity index (χ3n) is 5.30. The molecule has 8 nitrogen and oxygen atoms in total. The molecule has 0 bridgehead atoms. The van der Waals surface area contributed by atoms with Crippen LogP contribution in [0.5, 0.6) is 0 Å². The van der Waals surface area contributed by atoms with Crippen LogP contribution in [0.4, 0.5) is 11.4 Å². The number of rotatable bonds is 7. The quantitative estimate of drug-likeness (QED) is 0.509. The minimum absolute atomic E-state index is 0.175. The van der Waals surface area contributed by atoms with Gasteiger partial charge in [-0.1, -0.05) is 24.3 Å². The molecule has 2 N–H and O–H groups in total. The van der Waals surface area contributed by atoms with Crippen LogP contribution < -0.4 is 14.9 Å². The Hall–Kier alpha value is -3.98. The Morgan fingerprint density at radius 1 is 1.03 bits per heavy atom. The van der Waals surface area contributed by atoms with E-state index in [1.54, 1.807) is 67.0 Å². The molecule has 2 aromatic carbocycles. The molecule has 1 fully saturated rings. The average molecular weight is 477 g/mol. The van der Waals surface area contributed by atoms with Gasteiger partial charge in [0.25, 0.3) is 5.91 Å². The number of nitrogens with one attached hydrogen (secondary N) is 2. The van der Waals surface area contributed by atoms with Crippen molar-refractivity contribution in [3.8, 4) is 0 Å². The highest BCUT2D eigenvalue weighted by atomic mass is 32.2. The van der Waals surface area contributed by atoms with Crippen molar-refractivity contribution >= 4 is 39.3 Å². The van der Waals surface area contributed by atoms with E-state index in [2.05, 4.69) is 15.6 Å². The highest BCUT2D eigenvalue weighted by Gasteiger charge is 2.28. The first kappa shape index (κ1) is 23.2. The lowest BCUT2D eigenvalue weighted by atomic mass is 10.1. The SMILES string of the molecule is O=C(/C=C/c1ccc(N2CCCS2(=O)=O)cc1)NCc1cccc(NC(=O)c2ccncc2)c1. The molecule has 4 rings (SSSR count). The van der Waals surface area contributed by atoms with Crippen LogP contribution in [-0.4, -0.2) is 37.5 Å². The molecule has 0 aliphatic carbocycles. The summed E-state index contributed by atoms with van der Waals surface area (Å²) in [7, 11) is -3.21. The van der Waals surface area contributed by atoms with Crippen LogP contribution in [0.3, 0.4) is 0 Å². The van der Waals surface area contributed by atoms with Crippen molar-refractivity contribution in [2.45, 2.75) is 13.0 Å². The van der Waals surface area contributed by atoms with Gasteiger partial charge in [0, 0.05) is 42.8 Å². The number of benzene rings is 2. The molecule has 2 heterocycles. The van der Waals surface area contributed by atoms with Gasteiger partial charge in [-0.3, -0.25) is 18.9 Å². The number of amides is 2. The van der Waals surface area contributed by atoms with Gasteiger partial charge in [-0.15, -0.1) is 0 Å². The topological polar surface area (TPSA) is 108 Å². The van der Waals surface area contributed by atoms with Crippen molar-refractivity contribution in [1.82, 2.24) is 10.3 Å². The van der Waals surface area contributed by atoms with Crippen LogP contribution >= 0.6 is 0 Å². The van der Waals surface area contributed by atoms with E-state index in [9.17, 15) is 18.0 Å². The number of hydrogen-bond donors (Lipinski definition) is 2. The van der Waals surface area contributed by atoms with Crippen molar-refractivity contribution in [2.75, 3.05) is 21.9 Å². The minimum Gasteiger partial charge on any atom is -0.348 e. The van der Waals surface area contributed by atoms with E-state index >= 15 is 0 Å². The first-order valence-corrected chi connectivity index (χ1v) is 12.4. The van der Waals surface area contributed by atoms with Gasteiger partial charge in [0.2, 0.25) is 15.9 Å². The van der Waals surface area contributed by atoms with Gasteiger partial charge >= 0.3 is 0 Å². The Bertz CT molecular complexity index is 1310. The number of carbonyl (C=O) groups excluding carboxylic acids is 2. The predicted molar refractivity (Wildman–Crippen MR) is 132 cm³/mol. The van der Waals surface area contributed by atoms with E-state index in [1.165, 1.54) is 10.4 Å². The molecule has 34 heavy (non-hydrogen) atoms. The summed E-state index contributed by atoms with van der Waals surface area (Å²) in [6.45, 7) is 0.794. The number of hydrogen-bond acceptors (Lipinski definition) is 5. The van der Waals surface area contributed by atoms with Crippen LogP contribution in [0, 0.1) is 0 Å².